The first-order valence-electron chi connectivity index (χ1n) is 7.41. The van der Waals surface area contributed by atoms with Crippen LogP contribution >= 0.6 is 0 Å². The van der Waals surface area contributed by atoms with E-state index in [1.807, 2.05) is 0 Å². The SMILES string of the molecule is Cn1c(-c2cccc([S+]([O-])CC(F)(F)F)c2)nc2cc(C(F)(F)F)cnc21. The first kappa shape index (κ1) is 19.5. The zero-order valence-electron chi connectivity index (χ0n) is 13.6. The van der Waals surface area contributed by atoms with Gasteiger partial charge in [-0.2, -0.15) is 26.3 Å². The number of hydrogen-bond acceptors (Lipinski definition) is 3. The molecule has 0 aliphatic carbocycles. The third-order valence-electron chi connectivity index (χ3n) is 3.69. The standard InChI is InChI=1S/C16H11F6N3OS/c1-25-13(24-12-6-10(16(20,21)22)7-23-14(12)25)9-3-2-4-11(5-9)27(26)8-15(17,18)19/h2-7H,8H2,1H3. The molecular formula is C16H11F6N3OS. The quantitative estimate of drug-likeness (QED) is 0.480. The van der Waals surface area contributed by atoms with Crippen LogP contribution < -0.4 is 0 Å². The maximum atomic E-state index is 12.8. The van der Waals surface area contributed by atoms with Crippen molar-refractivity contribution >= 4 is 22.3 Å². The number of halogens is 6. The lowest BCUT2D eigenvalue weighted by molar-refractivity contribution is -0.137. The van der Waals surface area contributed by atoms with E-state index in [0.29, 0.717) is 11.8 Å². The van der Waals surface area contributed by atoms with Gasteiger partial charge in [0.15, 0.2) is 10.5 Å². The molecule has 1 aromatic carbocycles. The monoisotopic (exact) mass is 407 g/mol. The number of aromatic nitrogens is 3. The topological polar surface area (TPSA) is 53.8 Å². The Balaban J connectivity index is 2.02. The lowest BCUT2D eigenvalue weighted by atomic mass is 10.2. The van der Waals surface area contributed by atoms with Gasteiger partial charge < -0.3 is 9.12 Å². The van der Waals surface area contributed by atoms with Crippen molar-refractivity contribution in [2.75, 3.05) is 5.75 Å². The highest BCUT2D eigenvalue weighted by molar-refractivity contribution is 7.91. The maximum Gasteiger partial charge on any atom is 0.433 e. The lowest BCUT2D eigenvalue weighted by Crippen LogP contribution is -2.22. The highest BCUT2D eigenvalue weighted by Gasteiger charge is 2.36. The van der Waals surface area contributed by atoms with Crippen molar-refractivity contribution in [3.63, 3.8) is 0 Å². The van der Waals surface area contributed by atoms with Crippen molar-refractivity contribution in [2.24, 2.45) is 7.05 Å². The van der Waals surface area contributed by atoms with Gasteiger partial charge in [-0.1, -0.05) is 12.1 Å². The zero-order chi connectivity index (χ0) is 20.0. The van der Waals surface area contributed by atoms with E-state index in [0.717, 1.165) is 6.07 Å². The summed E-state index contributed by atoms with van der Waals surface area (Å²) in [5.74, 6) is -1.29. The van der Waals surface area contributed by atoms with Gasteiger partial charge in [-0.3, -0.25) is 0 Å². The maximum absolute atomic E-state index is 12.8. The second kappa shape index (κ2) is 6.71. The van der Waals surface area contributed by atoms with Crippen LogP contribution in [0.5, 0.6) is 0 Å². The van der Waals surface area contributed by atoms with E-state index in [4.69, 9.17) is 0 Å². The van der Waals surface area contributed by atoms with Crippen LogP contribution in [0.25, 0.3) is 22.6 Å². The number of pyridine rings is 1. The summed E-state index contributed by atoms with van der Waals surface area (Å²) in [5.41, 5.74) is -0.472. The number of hydrogen-bond donors (Lipinski definition) is 0. The molecule has 0 saturated carbocycles. The Hall–Kier alpha value is -2.27. The minimum Gasteiger partial charge on any atom is -0.611 e. The van der Waals surface area contributed by atoms with Crippen molar-refractivity contribution in [3.8, 4) is 11.4 Å². The average molecular weight is 407 g/mol. The van der Waals surface area contributed by atoms with Gasteiger partial charge in [0, 0.05) is 24.9 Å². The summed E-state index contributed by atoms with van der Waals surface area (Å²) in [6.45, 7) is 0. The molecule has 0 N–H and O–H groups in total. The molecule has 27 heavy (non-hydrogen) atoms. The van der Waals surface area contributed by atoms with Crippen LogP contribution in [0.1, 0.15) is 5.56 Å². The largest absolute Gasteiger partial charge is 0.611 e. The van der Waals surface area contributed by atoms with E-state index in [2.05, 4.69) is 9.97 Å². The fourth-order valence-electron chi connectivity index (χ4n) is 2.50. The Kier molecular flexibility index (Phi) is 4.85. The number of rotatable bonds is 3. The van der Waals surface area contributed by atoms with Crippen LogP contribution in [-0.2, 0) is 24.4 Å². The van der Waals surface area contributed by atoms with Gasteiger partial charge in [0.25, 0.3) is 0 Å². The normalized spacial score (nSPS) is 13.9. The fraction of sp³-hybridized carbons (Fsp3) is 0.250. The number of fused-ring (bicyclic) bond motifs is 1. The highest BCUT2D eigenvalue weighted by atomic mass is 32.2. The lowest BCUT2D eigenvalue weighted by Gasteiger charge is -2.13. The van der Waals surface area contributed by atoms with Gasteiger partial charge in [-0.05, 0) is 23.3 Å². The summed E-state index contributed by atoms with van der Waals surface area (Å²) >= 11 is -2.30. The Bertz CT molecular complexity index is 982. The summed E-state index contributed by atoms with van der Waals surface area (Å²) in [4.78, 5) is 7.83. The first-order chi connectivity index (χ1) is 12.5. The molecule has 0 bridgehead atoms. The second-order valence-electron chi connectivity index (χ2n) is 5.69. The van der Waals surface area contributed by atoms with Crippen LogP contribution in [0, 0.1) is 0 Å². The van der Waals surface area contributed by atoms with Gasteiger partial charge in [-0.25, -0.2) is 9.97 Å². The summed E-state index contributed by atoms with van der Waals surface area (Å²) < 4.78 is 89.1. The highest BCUT2D eigenvalue weighted by Crippen LogP contribution is 2.32. The van der Waals surface area contributed by atoms with E-state index < -0.39 is 34.8 Å². The molecule has 144 valence electrons. The predicted molar refractivity (Wildman–Crippen MR) is 86.3 cm³/mol. The molecule has 2 heterocycles. The van der Waals surface area contributed by atoms with Crippen LogP contribution in [0.4, 0.5) is 26.3 Å². The van der Waals surface area contributed by atoms with Crippen molar-refractivity contribution in [1.29, 1.82) is 0 Å². The van der Waals surface area contributed by atoms with Crippen LogP contribution in [0.15, 0.2) is 41.4 Å². The first-order valence-corrected chi connectivity index (χ1v) is 8.73. The molecule has 3 aromatic rings. The van der Waals surface area contributed by atoms with Crippen molar-refractivity contribution < 1.29 is 30.9 Å². The summed E-state index contributed by atoms with van der Waals surface area (Å²) in [5, 5.41) is 0. The van der Waals surface area contributed by atoms with E-state index >= 15 is 0 Å². The number of benzene rings is 1. The molecule has 1 atom stereocenters. The Morgan fingerprint density at radius 3 is 2.44 bits per heavy atom. The molecule has 0 aliphatic rings. The Morgan fingerprint density at radius 2 is 1.81 bits per heavy atom. The number of imidazole rings is 1. The Morgan fingerprint density at radius 1 is 1.11 bits per heavy atom. The van der Waals surface area contributed by atoms with Crippen molar-refractivity contribution in [3.05, 3.63) is 42.1 Å². The van der Waals surface area contributed by atoms with Crippen molar-refractivity contribution in [1.82, 2.24) is 14.5 Å². The number of alkyl halides is 6. The molecule has 0 aliphatic heterocycles. The molecule has 2 aromatic heterocycles. The summed E-state index contributed by atoms with van der Waals surface area (Å²) in [7, 11) is 1.52. The smallest absolute Gasteiger partial charge is 0.433 e. The molecule has 0 spiro atoms. The molecule has 0 amide bonds. The molecular weight excluding hydrogens is 396 g/mol. The van der Waals surface area contributed by atoms with E-state index in [-0.39, 0.29) is 21.9 Å². The van der Waals surface area contributed by atoms with E-state index in [9.17, 15) is 30.9 Å². The average Bonchev–Trinajstić information content (AvgIpc) is 2.89. The molecule has 11 heteroatoms. The van der Waals surface area contributed by atoms with Gasteiger partial charge in [0.2, 0.25) is 5.75 Å². The van der Waals surface area contributed by atoms with Gasteiger partial charge in [-0.15, -0.1) is 0 Å². The van der Waals surface area contributed by atoms with Crippen LogP contribution in [0.3, 0.4) is 0 Å². The molecule has 0 saturated heterocycles. The third kappa shape index (κ3) is 4.19. The fourth-order valence-corrected chi connectivity index (χ4v) is 3.45. The molecule has 0 radical (unpaired) electrons. The summed E-state index contributed by atoms with van der Waals surface area (Å²) in [6.07, 6.45) is -8.48. The molecule has 1 unspecified atom stereocenters. The zero-order valence-corrected chi connectivity index (χ0v) is 14.4. The third-order valence-corrected chi connectivity index (χ3v) is 5.06. The van der Waals surface area contributed by atoms with Crippen LogP contribution in [-0.4, -0.2) is 31.0 Å². The number of aryl methyl sites for hydroxylation is 1. The number of nitrogens with zero attached hydrogens (tertiary/aromatic N) is 3. The predicted octanol–water partition coefficient (Wildman–Crippen LogP) is 4.32. The Labute approximate surface area is 152 Å². The van der Waals surface area contributed by atoms with E-state index in [1.165, 1.54) is 35.9 Å². The van der Waals surface area contributed by atoms with Gasteiger partial charge in [0.05, 0.1) is 5.56 Å². The minimum atomic E-state index is -4.59. The van der Waals surface area contributed by atoms with Crippen molar-refractivity contribution in [2.45, 2.75) is 17.2 Å². The summed E-state index contributed by atoms with van der Waals surface area (Å²) in [6, 6.07) is 6.33. The van der Waals surface area contributed by atoms with Gasteiger partial charge in [0.1, 0.15) is 11.3 Å². The molecule has 0 fully saturated rings. The minimum absolute atomic E-state index is 0.0101. The van der Waals surface area contributed by atoms with E-state index in [1.54, 1.807) is 0 Å². The second-order valence-corrected chi connectivity index (χ2v) is 7.14. The molecule has 3 rings (SSSR count). The van der Waals surface area contributed by atoms with Crippen LogP contribution in [0.2, 0.25) is 0 Å². The molecule has 4 nitrogen and oxygen atoms in total. The van der Waals surface area contributed by atoms with Gasteiger partial charge >= 0.3 is 12.4 Å².